The number of imidazole rings is 1. The Morgan fingerprint density at radius 1 is 1.42 bits per heavy atom. The van der Waals surface area contributed by atoms with E-state index in [0.29, 0.717) is 17.5 Å². The number of aromatic nitrogens is 5. The minimum absolute atomic E-state index is 0.261. The van der Waals surface area contributed by atoms with Crippen molar-refractivity contribution < 1.29 is 13.2 Å². The molecule has 0 bridgehead atoms. The fourth-order valence-corrected chi connectivity index (χ4v) is 3.17. The molecule has 3 rings (SSSR count). The average Bonchev–Trinajstić information content (AvgIpc) is 3.25. The number of rotatable bonds is 7. The summed E-state index contributed by atoms with van der Waals surface area (Å²) in [6, 6.07) is 1.82. The van der Waals surface area contributed by atoms with Crippen LogP contribution in [0.3, 0.4) is 0 Å². The molecule has 0 fully saturated rings. The Bertz CT molecular complexity index is 839. The number of allylic oxidation sites excluding steroid dienone is 1. The van der Waals surface area contributed by atoms with Crippen molar-refractivity contribution in [2.24, 2.45) is 0 Å². The molecule has 0 N–H and O–H groups in total. The van der Waals surface area contributed by atoms with Gasteiger partial charge in [0.05, 0.1) is 17.6 Å². The van der Waals surface area contributed by atoms with Crippen LogP contribution in [0.5, 0.6) is 0 Å². The highest BCUT2D eigenvalue weighted by Crippen LogP contribution is 2.29. The van der Waals surface area contributed by atoms with Crippen LogP contribution < -0.4 is 0 Å². The zero-order valence-corrected chi connectivity index (χ0v) is 13.7. The minimum atomic E-state index is -2.61. The smallest absolute Gasteiger partial charge is 0.319 e. The Labute approximate surface area is 141 Å². The lowest BCUT2D eigenvalue weighted by Gasteiger charge is -2.08. The number of halogens is 2. The predicted octanol–water partition coefficient (Wildman–Crippen LogP) is 3.92. The maximum Gasteiger partial charge on any atom is 0.319 e. The van der Waals surface area contributed by atoms with Gasteiger partial charge in [0, 0.05) is 18.9 Å². The summed E-state index contributed by atoms with van der Waals surface area (Å²) in [7, 11) is 0. The summed E-state index contributed by atoms with van der Waals surface area (Å²) >= 11 is 1.29. The van der Waals surface area contributed by atoms with Crippen molar-refractivity contribution in [3.8, 4) is 11.4 Å². The van der Waals surface area contributed by atoms with E-state index < -0.39 is 6.55 Å². The number of alkyl halides is 2. The van der Waals surface area contributed by atoms with Crippen molar-refractivity contribution in [2.75, 3.05) is 0 Å². The normalized spacial score (nSPS) is 11.3. The van der Waals surface area contributed by atoms with E-state index in [1.165, 1.54) is 24.2 Å². The SMILES string of the molecule is C=CCn1c(SCc2nccn2C(F)F)nnc1-c1ccoc1C. The van der Waals surface area contributed by atoms with E-state index in [0.717, 1.165) is 15.9 Å². The maximum absolute atomic E-state index is 12.9. The Morgan fingerprint density at radius 3 is 2.92 bits per heavy atom. The summed E-state index contributed by atoms with van der Waals surface area (Å²) in [6.45, 7) is 3.47. The Hall–Kier alpha value is -2.42. The molecule has 0 aromatic carbocycles. The van der Waals surface area contributed by atoms with Gasteiger partial charge in [0.15, 0.2) is 11.0 Å². The van der Waals surface area contributed by atoms with Gasteiger partial charge in [-0.2, -0.15) is 8.78 Å². The molecule has 3 aromatic heterocycles. The van der Waals surface area contributed by atoms with E-state index in [1.54, 1.807) is 12.3 Å². The summed E-state index contributed by atoms with van der Waals surface area (Å²) in [5.41, 5.74) is 0.838. The van der Waals surface area contributed by atoms with Gasteiger partial charge in [-0.1, -0.05) is 17.8 Å². The van der Waals surface area contributed by atoms with Crippen molar-refractivity contribution in [2.45, 2.75) is 30.9 Å². The summed E-state index contributed by atoms with van der Waals surface area (Å²) < 4.78 is 33.8. The number of aryl methyl sites for hydroxylation is 1. The highest BCUT2D eigenvalue weighted by atomic mass is 32.2. The van der Waals surface area contributed by atoms with Crippen LogP contribution in [0.2, 0.25) is 0 Å². The van der Waals surface area contributed by atoms with Crippen LogP contribution in [0, 0.1) is 6.92 Å². The second-order valence-corrected chi connectivity index (χ2v) is 5.86. The van der Waals surface area contributed by atoms with Gasteiger partial charge in [-0.15, -0.1) is 16.8 Å². The fraction of sp³-hybridized carbons (Fsp3) is 0.267. The minimum Gasteiger partial charge on any atom is -0.469 e. The second-order valence-electron chi connectivity index (χ2n) is 4.91. The van der Waals surface area contributed by atoms with Crippen molar-refractivity contribution in [1.29, 1.82) is 0 Å². The van der Waals surface area contributed by atoms with Crippen LogP contribution in [0.25, 0.3) is 11.4 Å². The molecule has 3 aromatic rings. The molecule has 0 radical (unpaired) electrons. The quantitative estimate of drug-likeness (QED) is 0.477. The highest BCUT2D eigenvalue weighted by molar-refractivity contribution is 7.98. The molecule has 0 aliphatic rings. The third-order valence-electron chi connectivity index (χ3n) is 3.42. The largest absolute Gasteiger partial charge is 0.469 e. The van der Waals surface area contributed by atoms with E-state index in [1.807, 2.05) is 17.6 Å². The molecule has 0 amide bonds. The lowest BCUT2D eigenvalue weighted by molar-refractivity contribution is 0.0678. The van der Waals surface area contributed by atoms with Crippen LogP contribution in [-0.2, 0) is 12.3 Å². The molecule has 0 aliphatic heterocycles. The van der Waals surface area contributed by atoms with Crippen LogP contribution in [-0.4, -0.2) is 24.3 Å². The van der Waals surface area contributed by atoms with Gasteiger partial charge in [-0.05, 0) is 13.0 Å². The molecule has 0 unspecified atom stereocenters. The molecule has 6 nitrogen and oxygen atoms in total. The third kappa shape index (κ3) is 3.12. The lowest BCUT2D eigenvalue weighted by Crippen LogP contribution is -2.04. The van der Waals surface area contributed by atoms with Crippen molar-refractivity contribution in [1.82, 2.24) is 24.3 Å². The molecule has 0 saturated heterocycles. The van der Waals surface area contributed by atoms with Crippen molar-refractivity contribution >= 4 is 11.8 Å². The zero-order valence-electron chi connectivity index (χ0n) is 12.9. The van der Waals surface area contributed by atoms with Crippen molar-refractivity contribution in [3.05, 3.63) is 49.0 Å². The van der Waals surface area contributed by atoms with E-state index in [-0.39, 0.29) is 11.6 Å². The summed E-state index contributed by atoms with van der Waals surface area (Å²) in [5.74, 6) is 1.93. The molecular formula is C15H15F2N5OS. The Balaban J connectivity index is 1.86. The van der Waals surface area contributed by atoms with Gasteiger partial charge in [-0.3, -0.25) is 9.13 Å². The first-order valence-electron chi connectivity index (χ1n) is 7.13. The fourth-order valence-electron chi connectivity index (χ4n) is 2.27. The average molecular weight is 351 g/mol. The zero-order chi connectivity index (χ0) is 17.1. The third-order valence-corrected chi connectivity index (χ3v) is 4.38. The molecular weight excluding hydrogens is 336 g/mol. The molecule has 0 spiro atoms. The summed E-state index contributed by atoms with van der Waals surface area (Å²) in [4.78, 5) is 3.97. The standard InChI is InChI=1S/C15H15F2N5OS/c1-3-6-22-13(11-4-8-23-10(11)2)19-20-15(22)24-9-12-18-5-7-21(12)14(16)17/h3-5,7-8,14H,1,6,9H2,2H3. The molecule has 0 atom stereocenters. The van der Waals surface area contributed by atoms with Gasteiger partial charge in [0.25, 0.3) is 0 Å². The van der Waals surface area contributed by atoms with Gasteiger partial charge in [-0.25, -0.2) is 4.98 Å². The molecule has 3 heterocycles. The van der Waals surface area contributed by atoms with Crippen LogP contribution in [0.4, 0.5) is 8.78 Å². The molecule has 24 heavy (non-hydrogen) atoms. The van der Waals surface area contributed by atoms with Gasteiger partial charge < -0.3 is 4.42 Å². The summed E-state index contributed by atoms with van der Waals surface area (Å²) in [6.07, 6.45) is 5.93. The van der Waals surface area contributed by atoms with Crippen LogP contribution in [0.15, 0.2) is 47.0 Å². The van der Waals surface area contributed by atoms with Crippen LogP contribution in [0.1, 0.15) is 18.1 Å². The Morgan fingerprint density at radius 2 is 2.25 bits per heavy atom. The number of nitrogens with zero attached hydrogens (tertiary/aromatic N) is 5. The molecule has 0 aliphatic carbocycles. The number of furan rings is 1. The lowest BCUT2D eigenvalue weighted by atomic mass is 10.2. The monoisotopic (exact) mass is 351 g/mol. The number of thioether (sulfide) groups is 1. The van der Waals surface area contributed by atoms with Crippen molar-refractivity contribution in [3.63, 3.8) is 0 Å². The first-order valence-corrected chi connectivity index (χ1v) is 8.11. The molecule has 126 valence electrons. The second kappa shape index (κ2) is 7.00. The Kier molecular flexibility index (Phi) is 4.79. The first-order chi connectivity index (χ1) is 11.6. The van der Waals surface area contributed by atoms with E-state index in [4.69, 9.17) is 4.42 Å². The number of hydrogen-bond donors (Lipinski definition) is 0. The van der Waals surface area contributed by atoms with Gasteiger partial charge in [0.2, 0.25) is 0 Å². The topological polar surface area (TPSA) is 61.7 Å². The van der Waals surface area contributed by atoms with Crippen LogP contribution >= 0.6 is 11.8 Å². The molecule has 0 saturated carbocycles. The summed E-state index contributed by atoms with van der Waals surface area (Å²) in [5, 5.41) is 8.98. The van der Waals surface area contributed by atoms with Gasteiger partial charge in [0.1, 0.15) is 11.6 Å². The number of hydrogen-bond acceptors (Lipinski definition) is 5. The maximum atomic E-state index is 12.9. The predicted molar refractivity (Wildman–Crippen MR) is 85.7 cm³/mol. The van der Waals surface area contributed by atoms with E-state index >= 15 is 0 Å². The molecule has 9 heteroatoms. The first kappa shape index (κ1) is 16.4. The highest BCUT2D eigenvalue weighted by Gasteiger charge is 2.18. The van der Waals surface area contributed by atoms with E-state index in [9.17, 15) is 8.78 Å². The van der Waals surface area contributed by atoms with E-state index in [2.05, 4.69) is 21.8 Å². The van der Waals surface area contributed by atoms with Gasteiger partial charge >= 0.3 is 6.55 Å².